The van der Waals surface area contributed by atoms with E-state index in [1.165, 1.54) is 12.8 Å². The quantitative estimate of drug-likeness (QED) is 0.666. The predicted molar refractivity (Wildman–Crippen MR) is 74.6 cm³/mol. The van der Waals surface area contributed by atoms with E-state index in [0.717, 1.165) is 6.54 Å². The Morgan fingerprint density at radius 3 is 2.85 bits per heavy atom. The van der Waals surface area contributed by atoms with Crippen molar-refractivity contribution in [2.45, 2.75) is 32.0 Å². The molecule has 2 N–H and O–H groups in total. The van der Waals surface area contributed by atoms with Gasteiger partial charge in [-0.05, 0) is 41.7 Å². The van der Waals surface area contributed by atoms with E-state index in [-0.39, 0.29) is 23.7 Å². The lowest BCUT2D eigenvalue weighted by atomic mass is 10.1. The van der Waals surface area contributed by atoms with Gasteiger partial charge in [0.1, 0.15) is 5.69 Å². The topological polar surface area (TPSA) is 94.5 Å². The fourth-order valence-electron chi connectivity index (χ4n) is 2.67. The van der Waals surface area contributed by atoms with Crippen molar-refractivity contribution in [2.75, 3.05) is 23.7 Å². The smallest absolute Gasteiger partial charge is 0.388 e. The van der Waals surface area contributed by atoms with E-state index in [0.29, 0.717) is 18.3 Å². The van der Waals surface area contributed by atoms with Crippen molar-refractivity contribution in [3.05, 3.63) is 22.2 Å². The minimum absolute atomic E-state index is 0.0961. The first-order valence-corrected chi connectivity index (χ1v) is 6.86. The molecule has 1 aromatic rings. The molecule has 20 heavy (non-hydrogen) atoms. The van der Waals surface area contributed by atoms with Crippen LogP contribution >= 0.6 is 0 Å². The minimum atomic E-state index is -0.541. The predicted octanol–water partition coefficient (Wildman–Crippen LogP) is 1.58. The molecule has 0 spiro atoms. The number of nitro groups is 1. The fraction of sp³-hybridized carbons (Fsp3) is 0.615. The third kappa shape index (κ3) is 2.53. The first kappa shape index (κ1) is 13.1. The van der Waals surface area contributed by atoms with Gasteiger partial charge >= 0.3 is 5.82 Å². The van der Waals surface area contributed by atoms with E-state index < -0.39 is 4.92 Å². The van der Waals surface area contributed by atoms with E-state index in [4.69, 9.17) is 10.5 Å². The van der Waals surface area contributed by atoms with Crippen molar-refractivity contribution in [2.24, 2.45) is 5.92 Å². The van der Waals surface area contributed by atoms with Crippen molar-refractivity contribution in [3.8, 4) is 0 Å². The number of hydrogen-bond donors (Lipinski definition) is 1. The monoisotopic (exact) mass is 278 g/mol. The number of anilines is 2. The van der Waals surface area contributed by atoms with Gasteiger partial charge in [0.15, 0.2) is 0 Å². The van der Waals surface area contributed by atoms with Gasteiger partial charge in [0.05, 0.1) is 12.2 Å². The summed E-state index contributed by atoms with van der Waals surface area (Å²) in [5.74, 6) is 0.959. The van der Waals surface area contributed by atoms with E-state index in [1.807, 2.05) is 6.92 Å². The fourth-order valence-corrected chi connectivity index (χ4v) is 2.67. The van der Waals surface area contributed by atoms with Crippen molar-refractivity contribution in [3.63, 3.8) is 0 Å². The summed E-state index contributed by atoms with van der Waals surface area (Å²) in [5, 5.41) is 10.9. The molecule has 7 heteroatoms. The molecular formula is C13H18N4O3. The van der Waals surface area contributed by atoms with E-state index in [2.05, 4.69) is 9.88 Å². The van der Waals surface area contributed by atoms with Crippen molar-refractivity contribution in [1.82, 2.24) is 4.98 Å². The Morgan fingerprint density at radius 2 is 2.20 bits per heavy atom. The Kier molecular flexibility index (Phi) is 3.21. The molecule has 0 unspecified atom stereocenters. The molecular weight excluding hydrogens is 260 g/mol. The summed E-state index contributed by atoms with van der Waals surface area (Å²) in [5.41, 5.74) is 5.68. The van der Waals surface area contributed by atoms with Crippen molar-refractivity contribution >= 4 is 17.3 Å². The summed E-state index contributed by atoms with van der Waals surface area (Å²) < 4.78 is 5.94. The average Bonchev–Trinajstić information content (AvgIpc) is 3.22. The van der Waals surface area contributed by atoms with Gasteiger partial charge in [-0.2, -0.15) is 0 Å². The van der Waals surface area contributed by atoms with E-state index in [9.17, 15) is 10.1 Å². The van der Waals surface area contributed by atoms with Gasteiger partial charge in [0, 0.05) is 19.2 Å². The highest BCUT2D eigenvalue weighted by Gasteiger charge is 2.38. The zero-order valence-corrected chi connectivity index (χ0v) is 11.4. The molecule has 1 aliphatic heterocycles. The largest absolute Gasteiger partial charge is 0.392 e. The molecule has 1 saturated heterocycles. The zero-order valence-electron chi connectivity index (χ0n) is 11.4. The molecule has 0 bridgehead atoms. The highest BCUT2D eigenvalue weighted by molar-refractivity contribution is 5.58. The lowest BCUT2D eigenvalue weighted by Gasteiger charge is -2.36. The van der Waals surface area contributed by atoms with Crippen LogP contribution in [0.15, 0.2) is 12.1 Å². The number of hydrogen-bond acceptors (Lipinski definition) is 6. The van der Waals surface area contributed by atoms with Gasteiger partial charge in [0.2, 0.25) is 5.82 Å². The van der Waals surface area contributed by atoms with Crippen LogP contribution in [-0.2, 0) is 4.74 Å². The number of rotatable bonds is 3. The summed E-state index contributed by atoms with van der Waals surface area (Å²) in [6.07, 6.45) is 2.73. The van der Waals surface area contributed by atoms with Gasteiger partial charge < -0.3 is 25.5 Å². The van der Waals surface area contributed by atoms with Crippen molar-refractivity contribution in [1.29, 1.82) is 0 Å². The molecule has 0 aromatic carbocycles. The van der Waals surface area contributed by atoms with Crippen LogP contribution in [0.1, 0.15) is 19.8 Å². The number of ether oxygens (including phenoxy) is 1. The zero-order chi connectivity index (χ0) is 14.3. The second-order valence-electron chi connectivity index (χ2n) is 5.57. The van der Waals surface area contributed by atoms with Crippen molar-refractivity contribution < 1.29 is 9.66 Å². The number of morpholine rings is 1. The molecule has 0 amide bonds. The van der Waals surface area contributed by atoms with E-state index >= 15 is 0 Å². The van der Waals surface area contributed by atoms with Crippen LogP contribution in [0.3, 0.4) is 0 Å². The van der Waals surface area contributed by atoms with Crippen LogP contribution in [-0.4, -0.2) is 35.2 Å². The molecule has 2 atom stereocenters. The Bertz CT molecular complexity index is 532. The second kappa shape index (κ2) is 4.90. The number of aromatic nitrogens is 1. The number of nitrogens with two attached hydrogens (primary N) is 1. The molecule has 2 aliphatic rings. The van der Waals surface area contributed by atoms with Gasteiger partial charge in [-0.1, -0.05) is 0 Å². The molecule has 2 heterocycles. The maximum atomic E-state index is 10.9. The van der Waals surface area contributed by atoms with Crippen LogP contribution in [0.4, 0.5) is 17.3 Å². The molecule has 0 radical (unpaired) electrons. The first-order chi connectivity index (χ1) is 9.54. The SMILES string of the molecule is C[C@H]1CN(c2ccc(N)c([N+](=O)[O-])n2)C[C@H](C2CC2)O1. The Balaban J connectivity index is 1.83. The number of nitrogens with zero attached hydrogens (tertiary/aromatic N) is 3. The summed E-state index contributed by atoms with van der Waals surface area (Å²) in [6.45, 7) is 3.45. The molecule has 1 aliphatic carbocycles. The van der Waals surface area contributed by atoms with Gasteiger partial charge in [-0.15, -0.1) is 0 Å². The summed E-state index contributed by atoms with van der Waals surface area (Å²) in [4.78, 5) is 16.5. The maximum absolute atomic E-state index is 10.9. The molecule has 108 valence electrons. The van der Waals surface area contributed by atoms with Gasteiger partial charge in [-0.3, -0.25) is 0 Å². The molecule has 2 fully saturated rings. The summed E-state index contributed by atoms with van der Waals surface area (Å²) >= 11 is 0. The highest BCUT2D eigenvalue weighted by atomic mass is 16.6. The van der Waals surface area contributed by atoms with Crippen LogP contribution < -0.4 is 10.6 Å². The first-order valence-electron chi connectivity index (χ1n) is 6.86. The molecule has 3 rings (SSSR count). The van der Waals surface area contributed by atoms with Gasteiger partial charge in [0.25, 0.3) is 0 Å². The second-order valence-corrected chi connectivity index (χ2v) is 5.57. The molecule has 1 aromatic heterocycles. The van der Waals surface area contributed by atoms with Crippen LogP contribution in [0.2, 0.25) is 0 Å². The average molecular weight is 278 g/mol. The molecule has 7 nitrogen and oxygen atoms in total. The lowest BCUT2D eigenvalue weighted by Crippen LogP contribution is -2.47. The Hall–Kier alpha value is -1.89. The maximum Gasteiger partial charge on any atom is 0.388 e. The number of nitrogen functional groups attached to an aromatic ring is 1. The van der Waals surface area contributed by atoms with Crippen LogP contribution in [0.25, 0.3) is 0 Å². The third-order valence-electron chi connectivity index (χ3n) is 3.82. The lowest BCUT2D eigenvalue weighted by molar-refractivity contribution is -0.388. The third-order valence-corrected chi connectivity index (χ3v) is 3.82. The minimum Gasteiger partial charge on any atom is -0.392 e. The Labute approximate surface area is 116 Å². The molecule has 1 saturated carbocycles. The van der Waals surface area contributed by atoms with Crippen LogP contribution in [0.5, 0.6) is 0 Å². The summed E-state index contributed by atoms with van der Waals surface area (Å²) in [7, 11) is 0. The summed E-state index contributed by atoms with van der Waals surface area (Å²) in [6, 6.07) is 3.29. The number of pyridine rings is 1. The normalized spacial score (nSPS) is 26.6. The van der Waals surface area contributed by atoms with Gasteiger partial charge in [-0.25, -0.2) is 0 Å². The van der Waals surface area contributed by atoms with E-state index in [1.54, 1.807) is 12.1 Å². The standard InChI is InChI=1S/C13H18N4O3/c1-8-6-16(7-11(20-8)9-2-3-9)12-5-4-10(14)13(15-12)17(18)19/h4-5,8-9,11H,2-3,6-7,14H2,1H3/t8-,11+/m0/s1. The Morgan fingerprint density at radius 1 is 1.45 bits per heavy atom. The highest BCUT2D eigenvalue weighted by Crippen LogP contribution is 2.37. The van der Waals surface area contributed by atoms with Crippen LogP contribution in [0, 0.1) is 16.0 Å².